The highest BCUT2D eigenvalue weighted by Crippen LogP contribution is 2.33. The van der Waals surface area contributed by atoms with Gasteiger partial charge in [-0.25, -0.2) is 0 Å². The van der Waals surface area contributed by atoms with Crippen LogP contribution in [0.4, 0.5) is 0 Å². The monoisotopic (exact) mass is 372 g/mol. The van der Waals surface area contributed by atoms with E-state index in [1.165, 1.54) is 16.5 Å². The Morgan fingerprint density at radius 2 is 1.80 bits per heavy atom. The summed E-state index contributed by atoms with van der Waals surface area (Å²) in [5.74, 6) is 0.505. The number of aromatic amines is 1. The van der Waals surface area contributed by atoms with Gasteiger partial charge in [0.05, 0.1) is 10.0 Å². The molecular weight excluding hydrogens is 355 g/mol. The zero-order valence-corrected chi connectivity index (χ0v) is 15.1. The molecule has 4 rings (SSSR count). The molecule has 0 saturated carbocycles. The van der Waals surface area contributed by atoms with Gasteiger partial charge in [-0.3, -0.25) is 4.79 Å². The standard InChI is InChI=1S/C20H18Cl2N2O/c21-17-6-5-14(11-18(17)22)20(25)24-9-7-13(8-10-24)16-12-23-19-4-2-1-3-15(16)19/h1-6,11-13,23H,7-10H2. The predicted octanol–water partition coefficient (Wildman–Crippen LogP) is 5.49. The summed E-state index contributed by atoms with van der Waals surface area (Å²) in [6.45, 7) is 1.51. The number of piperidine rings is 1. The number of hydrogen-bond acceptors (Lipinski definition) is 1. The van der Waals surface area contributed by atoms with Gasteiger partial charge in [0.15, 0.2) is 0 Å². The van der Waals surface area contributed by atoms with Crippen molar-refractivity contribution in [3.8, 4) is 0 Å². The first kappa shape index (κ1) is 16.5. The van der Waals surface area contributed by atoms with Crippen molar-refractivity contribution in [1.82, 2.24) is 9.88 Å². The van der Waals surface area contributed by atoms with E-state index in [1.54, 1.807) is 18.2 Å². The molecule has 0 radical (unpaired) electrons. The Bertz CT molecular complexity index is 926. The van der Waals surface area contributed by atoms with Crippen molar-refractivity contribution < 1.29 is 4.79 Å². The van der Waals surface area contributed by atoms with Gasteiger partial charge in [0.2, 0.25) is 0 Å². The van der Waals surface area contributed by atoms with E-state index in [0.717, 1.165) is 25.9 Å². The van der Waals surface area contributed by atoms with Crippen LogP contribution in [0.25, 0.3) is 10.9 Å². The Morgan fingerprint density at radius 3 is 2.56 bits per heavy atom. The van der Waals surface area contributed by atoms with E-state index in [1.807, 2.05) is 11.0 Å². The van der Waals surface area contributed by atoms with Gasteiger partial charge in [-0.2, -0.15) is 0 Å². The second kappa shape index (κ2) is 6.74. The lowest BCUT2D eigenvalue weighted by Crippen LogP contribution is -2.37. The quantitative estimate of drug-likeness (QED) is 0.633. The van der Waals surface area contributed by atoms with Crippen molar-refractivity contribution in [3.05, 3.63) is 69.8 Å². The second-order valence-corrected chi connectivity index (χ2v) is 7.30. The number of amides is 1. The Hall–Kier alpha value is -1.97. The number of likely N-dealkylation sites (tertiary alicyclic amines) is 1. The molecule has 1 N–H and O–H groups in total. The maximum Gasteiger partial charge on any atom is 0.253 e. The maximum atomic E-state index is 12.7. The highest BCUT2D eigenvalue weighted by molar-refractivity contribution is 6.42. The number of hydrogen-bond donors (Lipinski definition) is 1. The minimum atomic E-state index is 0.0240. The first-order chi connectivity index (χ1) is 12.1. The third kappa shape index (κ3) is 3.14. The largest absolute Gasteiger partial charge is 0.361 e. The summed E-state index contributed by atoms with van der Waals surface area (Å²) in [4.78, 5) is 17.9. The Labute approximate surface area is 156 Å². The van der Waals surface area contributed by atoms with Crippen molar-refractivity contribution in [2.75, 3.05) is 13.1 Å². The molecule has 3 aromatic rings. The number of carbonyl (C=O) groups is 1. The first-order valence-electron chi connectivity index (χ1n) is 8.44. The molecular formula is C20H18Cl2N2O. The van der Waals surface area contributed by atoms with Crippen molar-refractivity contribution in [2.45, 2.75) is 18.8 Å². The Morgan fingerprint density at radius 1 is 1.04 bits per heavy atom. The maximum absolute atomic E-state index is 12.7. The second-order valence-electron chi connectivity index (χ2n) is 6.48. The molecule has 0 aliphatic carbocycles. The highest BCUT2D eigenvalue weighted by atomic mass is 35.5. The third-order valence-corrected chi connectivity index (χ3v) is 5.75. The lowest BCUT2D eigenvalue weighted by Gasteiger charge is -2.32. The number of aromatic nitrogens is 1. The van der Waals surface area contributed by atoms with Crippen LogP contribution in [0.5, 0.6) is 0 Å². The van der Waals surface area contributed by atoms with E-state index in [-0.39, 0.29) is 5.91 Å². The molecule has 0 spiro atoms. The van der Waals surface area contributed by atoms with Crippen molar-refractivity contribution in [3.63, 3.8) is 0 Å². The van der Waals surface area contributed by atoms with Crippen molar-refractivity contribution in [2.24, 2.45) is 0 Å². The zero-order valence-electron chi connectivity index (χ0n) is 13.6. The average molecular weight is 373 g/mol. The van der Waals surface area contributed by atoms with Gasteiger partial charge in [0, 0.05) is 35.8 Å². The van der Waals surface area contributed by atoms with Gasteiger partial charge >= 0.3 is 0 Å². The molecule has 1 saturated heterocycles. The van der Waals surface area contributed by atoms with Crippen LogP contribution in [0.15, 0.2) is 48.7 Å². The Kier molecular flexibility index (Phi) is 4.45. The number of carbonyl (C=O) groups excluding carboxylic acids is 1. The molecule has 5 heteroatoms. The van der Waals surface area contributed by atoms with Gasteiger partial charge in [-0.1, -0.05) is 41.4 Å². The molecule has 2 heterocycles. The van der Waals surface area contributed by atoms with Crippen LogP contribution in [0.3, 0.4) is 0 Å². The van der Waals surface area contributed by atoms with Crippen LogP contribution in [-0.2, 0) is 0 Å². The molecule has 1 aliphatic rings. The fourth-order valence-electron chi connectivity index (χ4n) is 3.64. The van der Waals surface area contributed by atoms with E-state index in [0.29, 0.717) is 21.5 Å². The third-order valence-electron chi connectivity index (χ3n) is 5.01. The molecule has 128 valence electrons. The topological polar surface area (TPSA) is 36.1 Å². The van der Waals surface area contributed by atoms with E-state index >= 15 is 0 Å². The van der Waals surface area contributed by atoms with E-state index in [2.05, 4.69) is 29.4 Å². The smallest absolute Gasteiger partial charge is 0.253 e. The number of nitrogens with zero attached hydrogens (tertiary/aromatic N) is 1. The first-order valence-corrected chi connectivity index (χ1v) is 9.19. The van der Waals surface area contributed by atoms with Crippen molar-refractivity contribution >= 4 is 40.0 Å². The normalized spacial score (nSPS) is 15.7. The number of para-hydroxylation sites is 1. The number of rotatable bonds is 2. The van der Waals surface area contributed by atoms with Gasteiger partial charge < -0.3 is 9.88 Å². The van der Waals surface area contributed by atoms with Gasteiger partial charge in [-0.15, -0.1) is 0 Å². The lowest BCUT2D eigenvalue weighted by atomic mass is 9.89. The SMILES string of the molecule is O=C(c1ccc(Cl)c(Cl)c1)N1CCC(c2c[nH]c3ccccc23)CC1. The van der Waals surface area contributed by atoms with Gasteiger partial charge in [0.1, 0.15) is 0 Å². The zero-order chi connectivity index (χ0) is 17.4. The van der Waals surface area contributed by atoms with Gasteiger partial charge in [-0.05, 0) is 48.6 Å². The van der Waals surface area contributed by atoms with Crippen LogP contribution in [-0.4, -0.2) is 28.9 Å². The fourth-order valence-corrected chi connectivity index (χ4v) is 3.94. The molecule has 25 heavy (non-hydrogen) atoms. The number of H-pyrrole nitrogens is 1. The molecule has 3 nitrogen and oxygen atoms in total. The van der Waals surface area contributed by atoms with E-state index < -0.39 is 0 Å². The molecule has 1 aromatic heterocycles. The molecule has 1 amide bonds. The van der Waals surface area contributed by atoms with Crippen LogP contribution >= 0.6 is 23.2 Å². The van der Waals surface area contributed by atoms with Crippen LogP contribution < -0.4 is 0 Å². The summed E-state index contributed by atoms with van der Waals surface area (Å²) in [6.07, 6.45) is 4.05. The molecule has 1 fully saturated rings. The Balaban J connectivity index is 1.47. The van der Waals surface area contributed by atoms with Crippen LogP contribution in [0.1, 0.15) is 34.7 Å². The number of benzene rings is 2. The van der Waals surface area contributed by atoms with Crippen molar-refractivity contribution in [1.29, 1.82) is 0 Å². The summed E-state index contributed by atoms with van der Waals surface area (Å²) in [5, 5.41) is 2.18. The fraction of sp³-hybridized carbons (Fsp3) is 0.250. The number of fused-ring (bicyclic) bond motifs is 1. The number of halogens is 2. The summed E-state index contributed by atoms with van der Waals surface area (Å²) >= 11 is 12.0. The lowest BCUT2D eigenvalue weighted by molar-refractivity contribution is 0.0713. The van der Waals surface area contributed by atoms with Gasteiger partial charge in [0.25, 0.3) is 5.91 Å². The molecule has 0 atom stereocenters. The summed E-state index contributed by atoms with van der Waals surface area (Å²) in [5.41, 5.74) is 3.13. The van der Waals surface area contributed by atoms with E-state index in [9.17, 15) is 4.79 Å². The van der Waals surface area contributed by atoms with Crippen LogP contribution in [0, 0.1) is 0 Å². The molecule has 2 aromatic carbocycles. The highest BCUT2D eigenvalue weighted by Gasteiger charge is 2.26. The minimum absolute atomic E-state index is 0.0240. The number of nitrogens with one attached hydrogen (secondary N) is 1. The summed E-state index contributed by atoms with van der Waals surface area (Å²) in [6, 6.07) is 13.4. The van der Waals surface area contributed by atoms with Crippen LogP contribution in [0.2, 0.25) is 10.0 Å². The minimum Gasteiger partial charge on any atom is -0.361 e. The van der Waals surface area contributed by atoms with E-state index in [4.69, 9.17) is 23.2 Å². The predicted molar refractivity (Wildman–Crippen MR) is 103 cm³/mol. The average Bonchev–Trinajstić information content (AvgIpc) is 3.08. The molecule has 0 bridgehead atoms. The molecule has 1 aliphatic heterocycles. The summed E-state index contributed by atoms with van der Waals surface area (Å²) < 4.78 is 0. The molecule has 0 unspecified atom stereocenters. The summed E-state index contributed by atoms with van der Waals surface area (Å²) in [7, 11) is 0.